The number of carbonyl (C=O) groups excluding carboxylic acids is 1. The Morgan fingerprint density at radius 3 is 2.17 bits per heavy atom. The first-order valence-corrected chi connectivity index (χ1v) is 11.5. The Kier molecular flexibility index (Phi) is 6.53. The van der Waals surface area contributed by atoms with Crippen molar-refractivity contribution < 1.29 is 9.32 Å². The fourth-order valence-corrected chi connectivity index (χ4v) is 5.25. The molecule has 4 rings (SSSR count). The summed E-state index contributed by atoms with van der Waals surface area (Å²) in [5, 5.41) is 7.53. The van der Waals surface area contributed by atoms with Crippen LogP contribution >= 0.6 is 11.8 Å². The average molecular weight is 422 g/mol. The van der Waals surface area contributed by atoms with Gasteiger partial charge < -0.3 is 9.84 Å². The molecule has 6 heteroatoms. The number of amides is 1. The van der Waals surface area contributed by atoms with Crippen molar-refractivity contribution in [3.05, 3.63) is 83.5 Å². The molecule has 156 valence electrons. The van der Waals surface area contributed by atoms with Gasteiger partial charge in [-0.2, -0.15) is 4.98 Å². The number of hydrogen-bond acceptors (Lipinski definition) is 5. The lowest BCUT2D eigenvalue weighted by molar-refractivity contribution is -0.121. The molecule has 1 fully saturated rings. The normalized spacial score (nSPS) is 15.8. The van der Waals surface area contributed by atoms with Crippen LogP contribution in [0.4, 0.5) is 0 Å². The molecule has 0 atom stereocenters. The first-order chi connectivity index (χ1) is 14.7. The molecule has 30 heavy (non-hydrogen) atoms. The highest BCUT2D eigenvalue weighted by atomic mass is 32.2. The average Bonchev–Trinajstić information content (AvgIpc) is 3.23. The van der Waals surface area contributed by atoms with Crippen molar-refractivity contribution in [3.8, 4) is 0 Å². The molecule has 0 bridgehead atoms. The van der Waals surface area contributed by atoms with Crippen LogP contribution < -0.4 is 5.32 Å². The number of rotatable bonds is 7. The minimum absolute atomic E-state index is 0.0150. The fourth-order valence-electron chi connectivity index (χ4n) is 4.16. The van der Waals surface area contributed by atoms with Gasteiger partial charge in [0.25, 0.3) is 0 Å². The highest BCUT2D eigenvalue weighted by molar-refractivity contribution is 8.00. The summed E-state index contributed by atoms with van der Waals surface area (Å²) in [4.78, 5) is 17.5. The molecule has 0 aliphatic heterocycles. The van der Waals surface area contributed by atoms with E-state index in [0.29, 0.717) is 17.5 Å². The summed E-state index contributed by atoms with van der Waals surface area (Å²) in [6, 6.07) is 20.7. The molecular formula is C24H27N3O2S. The molecule has 5 nitrogen and oxygen atoms in total. The minimum atomic E-state index is -0.511. The van der Waals surface area contributed by atoms with E-state index in [0.717, 1.165) is 25.7 Å². The van der Waals surface area contributed by atoms with E-state index < -0.39 is 5.54 Å². The summed E-state index contributed by atoms with van der Waals surface area (Å²) in [6.45, 7) is 1.79. The molecule has 1 aliphatic carbocycles. The Labute approximate surface area is 181 Å². The Bertz CT molecular complexity index is 913. The van der Waals surface area contributed by atoms with Crippen molar-refractivity contribution in [1.29, 1.82) is 0 Å². The molecule has 3 aromatic rings. The first-order valence-electron chi connectivity index (χ1n) is 10.5. The zero-order chi connectivity index (χ0) is 20.8. The molecule has 0 unspecified atom stereocenters. The van der Waals surface area contributed by atoms with Gasteiger partial charge in [-0.1, -0.05) is 85.1 Å². The molecule has 1 saturated carbocycles. The van der Waals surface area contributed by atoms with Gasteiger partial charge in [0.15, 0.2) is 5.82 Å². The van der Waals surface area contributed by atoms with Gasteiger partial charge in [-0.3, -0.25) is 4.79 Å². The van der Waals surface area contributed by atoms with Gasteiger partial charge in [-0.15, -0.1) is 11.8 Å². The van der Waals surface area contributed by atoms with Crippen LogP contribution in [0.15, 0.2) is 65.2 Å². The second kappa shape index (κ2) is 9.47. The van der Waals surface area contributed by atoms with Crippen molar-refractivity contribution in [1.82, 2.24) is 15.5 Å². The summed E-state index contributed by atoms with van der Waals surface area (Å²) in [7, 11) is 0. The van der Waals surface area contributed by atoms with Crippen LogP contribution in [0.5, 0.6) is 0 Å². The zero-order valence-corrected chi connectivity index (χ0v) is 18.0. The second-order valence-corrected chi connectivity index (χ2v) is 8.93. The maximum absolute atomic E-state index is 13.0. The van der Waals surface area contributed by atoms with E-state index in [2.05, 4.69) is 39.7 Å². The Hall–Kier alpha value is -2.60. The Morgan fingerprint density at radius 2 is 1.63 bits per heavy atom. The summed E-state index contributed by atoms with van der Waals surface area (Å²) >= 11 is 1.65. The van der Waals surface area contributed by atoms with E-state index in [1.54, 1.807) is 18.7 Å². The van der Waals surface area contributed by atoms with E-state index in [9.17, 15) is 4.79 Å². The van der Waals surface area contributed by atoms with Crippen LogP contribution in [0.3, 0.4) is 0 Å². The smallest absolute Gasteiger partial charge is 0.230 e. The number of nitrogens with one attached hydrogen (secondary N) is 1. The van der Waals surface area contributed by atoms with E-state index in [4.69, 9.17) is 4.52 Å². The lowest BCUT2D eigenvalue weighted by Crippen LogP contribution is -2.48. The molecular weight excluding hydrogens is 394 g/mol. The second-order valence-electron chi connectivity index (χ2n) is 7.84. The van der Waals surface area contributed by atoms with Crippen molar-refractivity contribution in [2.75, 3.05) is 5.75 Å². The summed E-state index contributed by atoms with van der Waals surface area (Å²) in [6.07, 6.45) is 4.98. The summed E-state index contributed by atoms with van der Waals surface area (Å²) in [5.74, 6) is 1.53. The number of hydrogen-bond donors (Lipinski definition) is 1. The lowest BCUT2D eigenvalue weighted by atomic mass is 9.81. The number of aryl methyl sites for hydroxylation is 1. The molecule has 1 heterocycles. The van der Waals surface area contributed by atoms with Gasteiger partial charge in [0.2, 0.25) is 11.8 Å². The quantitative estimate of drug-likeness (QED) is 0.569. The number of carbonyl (C=O) groups is 1. The number of aromatic nitrogens is 2. The SMILES string of the molecule is Cc1nc(C2(NC(=O)CSC(c3ccccc3)c3ccccc3)CCCCC2)no1. The van der Waals surface area contributed by atoms with E-state index >= 15 is 0 Å². The molecule has 1 amide bonds. The summed E-state index contributed by atoms with van der Waals surface area (Å²) < 4.78 is 5.22. The van der Waals surface area contributed by atoms with Crippen molar-refractivity contribution in [2.24, 2.45) is 0 Å². The van der Waals surface area contributed by atoms with Gasteiger partial charge in [0.05, 0.1) is 11.0 Å². The van der Waals surface area contributed by atoms with Gasteiger partial charge >= 0.3 is 0 Å². The fraction of sp³-hybridized carbons (Fsp3) is 0.375. The topological polar surface area (TPSA) is 68.0 Å². The lowest BCUT2D eigenvalue weighted by Gasteiger charge is -2.35. The maximum atomic E-state index is 13.0. The van der Waals surface area contributed by atoms with Crippen LogP contribution in [0.2, 0.25) is 0 Å². The Balaban J connectivity index is 1.49. The van der Waals surface area contributed by atoms with Crippen LogP contribution in [0.1, 0.15) is 60.2 Å². The number of benzene rings is 2. The van der Waals surface area contributed by atoms with Gasteiger partial charge in [0.1, 0.15) is 5.54 Å². The molecule has 1 aliphatic rings. The summed E-state index contributed by atoms with van der Waals surface area (Å²) in [5.41, 5.74) is 1.88. The predicted molar refractivity (Wildman–Crippen MR) is 119 cm³/mol. The molecule has 0 spiro atoms. The van der Waals surface area contributed by atoms with Crippen LogP contribution in [-0.4, -0.2) is 21.8 Å². The van der Waals surface area contributed by atoms with Crippen molar-refractivity contribution >= 4 is 17.7 Å². The third-order valence-electron chi connectivity index (χ3n) is 5.63. The molecule has 1 aromatic heterocycles. The standard InChI is InChI=1S/C24H27N3O2S/c1-18-25-23(27-29-18)24(15-9-4-10-16-24)26-21(28)17-30-22(19-11-5-2-6-12-19)20-13-7-3-8-14-20/h2-3,5-8,11-14,22H,4,9-10,15-17H2,1H3,(H,26,28). The highest BCUT2D eigenvalue weighted by Crippen LogP contribution is 2.38. The molecule has 2 aromatic carbocycles. The largest absolute Gasteiger partial charge is 0.343 e. The maximum Gasteiger partial charge on any atom is 0.230 e. The van der Waals surface area contributed by atoms with E-state index in [-0.39, 0.29) is 11.2 Å². The third kappa shape index (κ3) is 4.75. The van der Waals surface area contributed by atoms with E-state index in [1.165, 1.54) is 17.5 Å². The van der Waals surface area contributed by atoms with Gasteiger partial charge in [0, 0.05) is 6.92 Å². The zero-order valence-electron chi connectivity index (χ0n) is 17.2. The van der Waals surface area contributed by atoms with E-state index in [1.807, 2.05) is 36.4 Å². The van der Waals surface area contributed by atoms with Gasteiger partial charge in [-0.05, 0) is 24.0 Å². The van der Waals surface area contributed by atoms with Crippen molar-refractivity contribution in [3.63, 3.8) is 0 Å². The van der Waals surface area contributed by atoms with Crippen molar-refractivity contribution in [2.45, 2.75) is 49.8 Å². The Morgan fingerprint density at radius 1 is 1.03 bits per heavy atom. The van der Waals surface area contributed by atoms with Crippen LogP contribution in [0.25, 0.3) is 0 Å². The monoisotopic (exact) mass is 421 g/mol. The predicted octanol–water partition coefficient (Wildman–Crippen LogP) is 5.18. The molecule has 0 saturated heterocycles. The number of nitrogens with zero attached hydrogens (tertiary/aromatic N) is 2. The minimum Gasteiger partial charge on any atom is -0.343 e. The third-order valence-corrected chi connectivity index (χ3v) is 6.93. The molecule has 0 radical (unpaired) electrons. The van der Waals surface area contributed by atoms with Gasteiger partial charge in [-0.25, -0.2) is 0 Å². The molecule has 1 N–H and O–H groups in total. The highest BCUT2D eigenvalue weighted by Gasteiger charge is 2.39. The van der Waals surface area contributed by atoms with Crippen LogP contribution in [-0.2, 0) is 10.3 Å². The first kappa shape index (κ1) is 20.7. The number of thioether (sulfide) groups is 1. The van der Waals surface area contributed by atoms with Crippen LogP contribution in [0, 0.1) is 6.92 Å².